The van der Waals surface area contributed by atoms with E-state index in [1.165, 1.54) is 6.20 Å². The van der Waals surface area contributed by atoms with Crippen molar-refractivity contribution < 1.29 is 14.6 Å². The molecule has 1 saturated heterocycles. The lowest BCUT2D eigenvalue weighted by atomic mass is 10.1. The van der Waals surface area contributed by atoms with Gasteiger partial charge in [-0.05, 0) is 25.8 Å². The van der Waals surface area contributed by atoms with Crippen LogP contribution in [-0.4, -0.2) is 46.7 Å². The second kappa shape index (κ2) is 5.82. The van der Waals surface area contributed by atoms with Crippen LogP contribution in [0.15, 0.2) is 18.3 Å². The molecule has 1 fully saturated rings. The van der Waals surface area contributed by atoms with Crippen LogP contribution in [-0.2, 0) is 0 Å². The van der Waals surface area contributed by atoms with Crippen LogP contribution >= 0.6 is 0 Å². The van der Waals surface area contributed by atoms with Crippen LogP contribution in [0.2, 0.25) is 0 Å². The molecule has 1 aliphatic rings. The minimum Gasteiger partial charge on any atom is -0.478 e. The quantitative estimate of drug-likeness (QED) is 0.872. The lowest BCUT2D eigenvalue weighted by Crippen LogP contribution is -2.42. The summed E-state index contributed by atoms with van der Waals surface area (Å²) in [4.78, 5) is 17.9. The van der Waals surface area contributed by atoms with Crippen molar-refractivity contribution in [2.45, 2.75) is 25.9 Å². The summed E-state index contributed by atoms with van der Waals surface area (Å²) in [6.07, 6.45) is 2.73. The second-order valence-electron chi connectivity index (χ2n) is 4.37. The Morgan fingerprint density at radius 3 is 3.06 bits per heavy atom. The molecule has 18 heavy (non-hydrogen) atoms. The maximum atomic E-state index is 12.1. The summed E-state index contributed by atoms with van der Waals surface area (Å²) in [5, 5.41) is 9.56. The van der Waals surface area contributed by atoms with E-state index in [1.54, 1.807) is 17.0 Å². The highest BCUT2D eigenvalue weighted by Crippen LogP contribution is 2.14. The highest BCUT2D eigenvalue weighted by Gasteiger charge is 2.23. The molecule has 1 unspecified atom stereocenters. The Hall–Kier alpha value is -1.62. The van der Waals surface area contributed by atoms with Crippen molar-refractivity contribution in [3.05, 3.63) is 23.9 Å². The van der Waals surface area contributed by atoms with Gasteiger partial charge in [-0.15, -0.1) is 0 Å². The number of carbonyl (C=O) groups is 1. The third-order valence-electron chi connectivity index (χ3n) is 2.96. The number of carbonyl (C=O) groups excluding carboxylic acids is 1. The number of rotatable bonds is 3. The van der Waals surface area contributed by atoms with Crippen LogP contribution < -0.4 is 4.74 Å². The van der Waals surface area contributed by atoms with Gasteiger partial charge in [0.05, 0.1) is 18.3 Å². The Morgan fingerprint density at radius 1 is 1.61 bits per heavy atom. The van der Waals surface area contributed by atoms with Crippen molar-refractivity contribution in [1.29, 1.82) is 0 Å². The van der Waals surface area contributed by atoms with Crippen molar-refractivity contribution >= 4 is 5.91 Å². The first-order valence-electron chi connectivity index (χ1n) is 6.27. The fourth-order valence-electron chi connectivity index (χ4n) is 2.06. The summed E-state index contributed by atoms with van der Waals surface area (Å²) < 4.78 is 5.23. The SMILES string of the molecule is CCOc1ccc(C(=O)N2CCCC(O)C2)cn1. The molecule has 2 heterocycles. The number of hydrogen-bond acceptors (Lipinski definition) is 4. The monoisotopic (exact) mass is 250 g/mol. The fraction of sp³-hybridized carbons (Fsp3) is 0.538. The van der Waals surface area contributed by atoms with Crippen molar-refractivity contribution in [3.63, 3.8) is 0 Å². The maximum Gasteiger partial charge on any atom is 0.255 e. The van der Waals surface area contributed by atoms with E-state index >= 15 is 0 Å². The molecule has 1 N–H and O–H groups in total. The van der Waals surface area contributed by atoms with E-state index in [0.717, 1.165) is 12.8 Å². The number of aromatic nitrogens is 1. The molecule has 0 saturated carbocycles. The van der Waals surface area contributed by atoms with E-state index in [9.17, 15) is 9.90 Å². The summed E-state index contributed by atoms with van der Waals surface area (Å²) in [5.74, 6) is 0.442. The van der Waals surface area contributed by atoms with E-state index in [4.69, 9.17) is 4.74 Å². The van der Waals surface area contributed by atoms with Gasteiger partial charge in [0.2, 0.25) is 5.88 Å². The van der Waals surface area contributed by atoms with Crippen molar-refractivity contribution in [2.75, 3.05) is 19.7 Å². The lowest BCUT2D eigenvalue weighted by Gasteiger charge is -2.30. The van der Waals surface area contributed by atoms with Crippen LogP contribution in [0.25, 0.3) is 0 Å². The third kappa shape index (κ3) is 2.98. The number of nitrogens with zero attached hydrogens (tertiary/aromatic N) is 2. The molecule has 0 aromatic carbocycles. The van der Waals surface area contributed by atoms with E-state index < -0.39 is 6.10 Å². The second-order valence-corrected chi connectivity index (χ2v) is 4.37. The molecular formula is C13H18N2O3. The Kier molecular flexibility index (Phi) is 4.15. The van der Waals surface area contributed by atoms with Gasteiger partial charge in [0.1, 0.15) is 0 Å². The highest BCUT2D eigenvalue weighted by molar-refractivity contribution is 5.94. The molecule has 98 valence electrons. The van der Waals surface area contributed by atoms with Crippen LogP contribution in [0.3, 0.4) is 0 Å². The van der Waals surface area contributed by atoms with Gasteiger partial charge in [-0.25, -0.2) is 4.98 Å². The Labute approximate surface area is 106 Å². The topological polar surface area (TPSA) is 62.7 Å². The molecule has 1 atom stereocenters. The van der Waals surface area contributed by atoms with Crippen LogP contribution in [0.5, 0.6) is 5.88 Å². The Morgan fingerprint density at radius 2 is 2.44 bits per heavy atom. The number of hydrogen-bond donors (Lipinski definition) is 1. The normalized spacial score (nSPS) is 19.7. The molecule has 1 amide bonds. The smallest absolute Gasteiger partial charge is 0.255 e. The van der Waals surface area contributed by atoms with Gasteiger partial charge in [0.15, 0.2) is 0 Å². The summed E-state index contributed by atoms with van der Waals surface area (Å²) in [6, 6.07) is 3.40. The van der Waals surface area contributed by atoms with Gasteiger partial charge >= 0.3 is 0 Å². The average Bonchev–Trinajstić information content (AvgIpc) is 2.39. The van der Waals surface area contributed by atoms with Crippen LogP contribution in [0.4, 0.5) is 0 Å². The van der Waals surface area contributed by atoms with E-state index in [2.05, 4.69) is 4.98 Å². The fourth-order valence-corrected chi connectivity index (χ4v) is 2.06. The molecule has 5 heteroatoms. The van der Waals surface area contributed by atoms with Crippen LogP contribution in [0, 0.1) is 0 Å². The number of amides is 1. The van der Waals surface area contributed by atoms with Gasteiger partial charge in [0.25, 0.3) is 5.91 Å². The summed E-state index contributed by atoms with van der Waals surface area (Å²) >= 11 is 0. The van der Waals surface area contributed by atoms with E-state index in [-0.39, 0.29) is 5.91 Å². The highest BCUT2D eigenvalue weighted by atomic mass is 16.5. The van der Waals surface area contributed by atoms with Gasteiger partial charge in [-0.1, -0.05) is 0 Å². The molecule has 1 aromatic rings. The van der Waals surface area contributed by atoms with Gasteiger partial charge < -0.3 is 14.7 Å². The van der Waals surface area contributed by atoms with Crippen LogP contribution in [0.1, 0.15) is 30.1 Å². The van der Waals surface area contributed by atoms with Crippen molar-refractivity contribution in [1.82, 2.24) is 9.88 Å². The molecule has 0 bridgehead atoms. The minimum absolute atomic E-state index is 0.0794. The summed E-state index contributed by atoms with van der Waals surface area (Å²) in [6.45, 7) is 3.55. The Bertz CT molecular complexity index is 405. The molecule has 0 radical (unpaired) electrons. The van der Waals surface area contributed by atoms with Crippen molar-refractivity contribution in [3.8, 4) is 5.88 Å². The summed E-state index contributed by atoms with van der Waals surface area (Å²) in [5.41, 5.74) is 0.535. The predicted molar refractivity (Wildman–Crippen MR) is 66.6 cm³/mol. The largest absolute Gasteiger partial charge is 0.478 e. The number of aliphatic hydroxyl groups excluding tert-OH is 1. The number of likely N-dealkylation sites (tertiary alicyclic amines) is 1. The zero-order valence-corrected chi connectivity index (χ0v) is 10.5. The Balaban J connectivity index is 2.03. The number of aliphatic hydroxyl groups is 1. The first-order chi connectivity index (χ1) is 8.70. The zero-order chi connectivity index (χ0) is 13.0. The number of piperidine rings is 1. The predicted octanol–water partition coefficient (Wildman–Crippen LogP) is 1.08. The molecule has 0 aliphatic carbocycles. The molecule has 2 rings (SSSR count). The van der Waals surface area contributed by atoms with E-state index in [1.807, 2.05) is 6.92 Å². The maximum absolute atomic E-state index is 12.1. The van der Waals surface area contributed by atoms with Gasteiger partial charge in [0, 0.05) is 25.4 Å². The number of β-amino-alcohol motifs (C(OH)–C–C–N with tert-alkyl or cyclic N) is 1. The lowest BCUT2D eigenvalue weighted by molar-refractivity contribution is 0.0473. The zero-order valence-electron chi connectivity index (χ0n) is 10.5. The van der Waals surface area contributed by atoms with Gasteiger partial charge in [-0.2, -0.15) is 0 Å². The number of ether oxygens (including phenoxy) is 1. The average molecular weight is 250 g/mol. The first-order valence-corrected chi connectivity index (χ1v) is 6.27. The van der Waals surface area contributed by atoms with E-state index in [0.29, 0.717) is 31.1 Å². The first kappa shape index (κ1) is 12.8. The van der Waals surface area contributed by atoms with Gasteiger partial charge in [-0.3, -0.25) is 4.79 Å². The number of pyridine rings is 1. The third-order valence-corrected chi connectivity index (χ3v) is 2.96. The molecular weight excluding hydrogens is 232 g/mol. The summed E-state index contributed by atoms with van der Waals surface area (Å²) in [7, 11) is 0. The minimum atomic E-state index is -0.404. The van der Waals surface area contributed by atoms with Crippen molar-refractivity contribution in [2.24, 2.45) is 0 Å². The molecule has 1 aromatic heterocycles. The molecule has 5 nitrogen and oxygen atoms in total. The molecule has 1 aliphatic heterocycles. The standard InChI is InChI=1S/C13H18N2O3/c1-2-18-12-6-5-10(8-14-12)13(17)15-7-3-4-11(16)9-15/h5-6,8,11,16H,2-4,7,9H2,1H3. The molecule has 0 spiro atoms.